The molecule has 2 aromatic rings. The summed E-state index contributed by atoms with van der Waals surface area (Å²) in [5, 5.41) is 8.01. The summed E-state index contributed by atoms with van der Waals surface area (Å²) in [7, 11) is 2.00. The minimum atomic E-state index is 0.154. The smallest absolute Gasteiger partial charge is 0.0763 e. The van der Waals surface area contributed by atoms with Crippen LogP contribution in [-0.4, -0.2) is 21.3 Å². The van der Waals surface area contributed by atoms with E-state index in [-0.39, 0.29) is 6.04 Å². The molecule has 18 heavy (non-hydrogen) atoms. The Labute approximate surface area is 108 Å². The highest BCUT2D eigenvalue weighted by Crippen LogP contribution is 2.21. The van der Waals surface area contributed by atoms with E-state index in [1.807, 2.05) is 24.0 Å². The van der Waals surface area contributed by atoms with Crippen molar-refractivity contribution in [1.82, 2.24) is 20.1 Å². The molecule has 0 aliphatic heterocycles. The second kappa shape index (κ2) is 5.78. The molecule has 0 radical (unpaired) electrons. The lowest BCUT2D eigenvalue weighted by atomic mass is 10.1. The molecular weight excluding hydrogens is 224 g/mol. The van der Waals surface area contributed by atoms with Crippen LogP contribution in [-0.2, 0) is 13.5 Å². The molecule has 1 atom stereocenters. The quantitative estimate of drug-likeness (QED) is 0.875. The lowest BCUT2D eigenvalue weighted by Gasteiger charge is -2.18. The molecule has 4 heteroatoms. The standard InChI is InChI=1S/C14H20N4/c1-4-12-9-13(18(3)17-12)14(16-5-2)11-7-6-8-15-10-11/h6-10,14,16H,4-5H2,1-3H3. The van der Waals surface area contributed by atoms with E-state index in [4.69, 9.17) is 0 Å². The van der Waals surface area contributed by atoms with E-state index < -0.39 is 0 Å². The summed E-state index contributed by atoms with van der Waals surface area (Å²) < 4.78 is 1.96. The van der Waals surface area contributed by atoms with Crippen LogP contribution in [0.1, 0.15) is 36.8 Å². The zero-order valence-electron chi connectivity index (χ0n) is 11.2. The molecule has 0 fully saturated rings. The summed E-state index contributed by atoms with van der Waals surface area (Å²) in [6.45, 7) is 5.14. The summed E-state index contributed by atoms with van der Waals surface area (Å²) in [5.74, 6) is 0. The molecule has 96 valence electrons. The number of nitrogens with zero attached hydrogens (tertiary/aromatic N) is 3. The third-order valence-corrected chi connectivity index (χ3v) is 3.05. The van der Waals surface area contributed by atoms with Gasteiger partial charge in [0.2, 0.25) is 0 Å². The van der Waals surface area contributed by atoms with Gasteiger partial charge in [-0.3, -0.25) is 9.67 Å². The largest absolute Gasteiger partial charge is 0.305 e. The SMILES string of the molecule is CCNC(c1cccnc1)c1cc(CC)nn1C. The van der Waals surface area contributed by atoms with E-state index in [9.17, 15) is 0 Å². The zero-order valence-corrected chi connectivity index (χ0v) is 11.2. The number of pyridine rings is 1. The van der Waals surface area contributed by atoms with Gasteiger partial charge in [0.15, 0.2) is 0 Å². The number of aryl methyl sites for hydroxylation is 2. The van der Waals surface area contributed by atoms with Crippen LogP contribution >= 0.6 is 0 Å². The monoisotopic (exact) mass is 244 g/mol. The normalized spacial score (nSPS) is 12.6. The molecule has 0 aliphatic carbocycles. The fourth-order valence-electron chi connectivity index (χ4n) is 2.13. The molecule has 0 bridgehead atoms. The van der Waals surface area contributed by atoms with Crippen molar-refractivity contribution < 1.29 is 0 Å². The minimum absolute atomic E-state index is 0.154. The summed E-state index contributed by atoms with van der Waals surface area (Å²) in [6.07, 6.45) is 4.67. The molecule has 0 amide bonds. The van der Waals surface area contributed by atoms with Crippen LogP contribution in [0.2, 0.25) is 0 Å². The third-order valence-electron chi connectivity index (χ3n) is 3.05. The molecule has 2 rings (SSSR count). The van der Waals surface area contributed by atoms with Crippen LogP contribution in [0, 0.1) is 0 Å². The Kier molecular flexibility index (Phi) is 4.10. The van der Waals surface area contributed by atoms with Gasteiger partial charge in [0, 0.05) is 19.4 Å². The Morgan fingerprint density at radius 2 is 2.22 bits per heavy atom. The van der Waals surface area contributed by atoms with E-state index in [0.29, 0.717) is 0 Å². The summed E-state index contributed by atoms with van der Waals surface area (Å²) in [5.41, 5.74) is 3.48. The van der Waals surface area contributed by atoms with Gasteiger partial charge >= 0.3 is 0 Å². The first-order chi connectivity index (χ1) is 8.76. The van der Waals surface area contributed by atoms with Gasteiger partial charge in [0.25, 0.3) is 0 Å². The Bertz CT molecular complexity index is 490. The Morgan fingerprint density at radius 1 is 1.39 bits per heavy atom. The molecule has 4 nitrogen and oxygen atoms in total. The van der Waals surface area contributed by atoms with Crippen molar-refractivity contribution in [1.29, 1.82) is 0 Å². The summed E-state index contributed by atoms with van der Waals surface area (Å²) in [4.78, 5) is 4.20. The Balaban J connectivity index is 2.38. The van der Waals surface area contributed by atoms with Gasteiger partial charge in [0.05, 0.1) is 17.4 Å². The average Bonchev–Trinajstić information content (AvgIpc) is 2.78. The maximum Gasteiger partial charge on any atom is 0.0763 e. The molecule has 0 aliphatic rings. The lowest BCUT2D eigenvalue weighted by Crippen LogP contribution is -2.24. The van der Waals surface area contributed by atoms with Crippen molar-refractivity contribution >= 4 is 0 Å². The van der Waals surface area contributed by atoms with Crippen LogP contribution in [0.25, 0.3) is 0 Å². The first-order valence-electron chi connectivity index (χ1n) is 6.42. The second-order valence-corrected chi connectivity index (χ2v) is 4.31. The molecule has 0 spiro atoms. The van der Waals surface area contributed by atoms with Gasteiger partial charge in [-0.05, 0) is 30.7 Å². The van der Waals surface area contributed by atoms with E-state index in [1.54, 1.807) is 6.20 Å². The van der Waals surface area contributed by atoms with Crippen LogP contribution in [0.15, 0.2) is 30.6 Å². The summed E-state index contributed by atoms with van der Waals surface area (Å²) >= 11 is 0. The topological polar surface area (TPSA) is 42.7 Å². The average molecular weight is 244 g/mol. The predicted molar refractivity (Wildman–Crippen MR) is 72.3 cm³/mol. The number of nitrogens with one attached hydrogen (secondary N) is 1. The molecule has 0 saturated carbocycles. The Morgan fingerprint density at radius 3 is 2.78 bits per heavy atom. The highest BCUT2D eigenvalue weighted by Gasteiger charge is 2.17. The molecular formula is C14H20N4. The van der Waals surface area contributed by atoms with Gasteiger partial charge in [-0.2, -0.15) is 5.10 Å². The van der Waals surface area contributed by atoms with Gasteiger partial charge < -0.3 is 5.32 Å². The zero-order chi connectivity index (χ0) is 13.0. The number of rotatable bonds is 5. The molecule has 2 aromatic heterocycles. The highest BCUT2D eigenvalue weighted by atomic mass is 15.3. The van der Waals surface area contributed by atoms with Crippen molar-refractivity contribution in [3.63, 3.8) is 0 Å². The highest BCUT2D eigenvalue weighted by molar-refractivity contribution is 5.26. The van der Waals surface area contributed by atoms with Crippen molar-refractivity contribution in [2.75, 3.05) is 6.54 Å². The van der Waals surface area contributed by atoms with Crippen molar-refractivity contribution in [3.8, 4) is 0 Å². The van der Waals surface area contributed by atoms with Crippen LogP contribution < -0.4 is 5.32 Å². The first kappa shape index (κ1) is 12.8. The third kappa shape index (κ3) is 2.59. The molecule has 2 heterocycles. The van der Waals surface area contributed by atoms with Crippen LogP contribution in [0.4, 0.5) is 0 Å². The van der Waals surface area contributed by atoms with Gasteiger partial charge in [-0.1, -0.05) is 19.9 Å². The van der Waals surface area contributed by atoms with E-state index in [0.717, 1.165) is 18.7 Å². The fourth-order valence-corrected chi connectivity index (χ4v) is 2.13. The molecule has 0 saturated heterocycles. The minimum Gasteiger partial charge on any atom is -0.305 e. The van der Waals surface area contributed by atoms with Gasteiger partial charge in [-0.25, -0.2) is 0 Å². The maximum absolute atomic E-state index is 4.51. The van der Waals surface area contributed by atoms with E-state index in [1.165, 1.54) is 11.3 Å². The predicted octanol–water partition coefficient (Wildman–Crippen LogP) is 2.08. The number of aromatic nitrogens is 3. The van der Waals surface area contributed by atoms with Crippen molar-refractivity contribution in [2.45, 2.75) is 26.3 Å². The van der Waals surface area contributed by atoms with Crippen LogP contribution in [0.3, 0.4) is 0 Å². The van der Waals surface area contributed by atoms with Crippen molar-refractivity contribution in [3.05, 3.63) is 47.5 Å². The lowest BCUT2D eigenvalue weighted by molar-refractivity contribution is 0.570. The van der Waals surface area contributed by atoms with Crippen molar-refractivity contribution in [2.24, 2.45) is 7.05 Å². The first-order valence-corrected chi connectivity index (χ1v) is 6.42. The van der Waals surface area contributed by atoms with E-state index >= 15 is 0 Å². The fraction of sp³-hybridized carbons (Fsp3) is 0.429. The molecule has 1 N–H and O–H groups in total. The van der Waals surface area contributed by atoms with E-state index in [2.05, 4.69) is 41.4 Å². The number of hydrogen-bond acceptors (Lipinski definition) is 3. The molecule has 0 aromatic carbocycles. The number of hydrogen-bond donors (Lipinski definition) is 1. The maximum atomic E-state index is 4.51. The van der Waals surface area contributed by atoms with Gasteiger partial charge in [0.1, 0.15) is 0 Å². The van der Waals surface area contributed by atoms with Gasteiger partial charge in [-0.15, -0.1) is 0 Å². The Hall–Kier alpha value is -1.68. The summed E-state index contributed by atoms with van der Waals surface area (Å²) in [6, 6.07) is 6.39. The second-order valence-electron chi connectivity index (χ2n) is 4.31. The van der Waals surface area contributed by atoms with Crippen LogP contribution in [0.5, 0.6) is 0 Å². The molecule has 1 unspecified atom stereocenters.